The van der Waals surface area contributed by atoms with Gasteiger partial charge in [0, 0.05) is 25.1 Å². The number of halogens is 1. The third-order valence-electron chi connectivity index (χ3n) is 3.61. The van der Waals surface area contributed by atoms with E-state index in [0.717, 1.165) is 6.07 Å². The zero-order valence-electron chi connectivity index (χ0n) is 11.0. The van der Waals surface area contributed by atoms with Crippen LogP contribution in [0.15, 0.2) is 18.2 Å². The van der Waals surface area contributed by atoms with E-state index in [0.29, 0.717) is 25.9 Å². The first-order valence-corrected chi connectivity index (χ1v) is 6.53. The Balaban J connectivity index is 1.97. The fourth-order valence-electron chi connectivity index (χ4n) is 2.43. The zero-order chi connectivity index (χ0) is 14.7. The highest BCUT2D eigenvalue weighted by Gasteiger charge is 2.25. The van der Waals surface area contributed by atoms with Crippen molar-refractivity contribution in [1.29, 1.82) is 0 Å². The van der Waals surface area contributed by atoms with E-state index in [-0.39, 0.29) is 29.5 Å². The van der Waals surface area contributed by atoms with E-state index in [1.807, 2.05) is 0 Å². The van der Waals surface area contributed by atoms with Gasteiger partial charge in [0.15, 0.2) is 0 Å². The summed E-state index contributed by atoms with van der Waals surface area (Å²) >= 11 is 0. The SMILES string of the molecule is Nc1ccc(C(=O)N2CCC(CC(=O)O)CC2)cc1F. The van der Waals surface area contributed by atoms with Crippen LogP contribution < -0.4 is 5.73 Å². The number of carboxylic acid groups (broad SMARTS) is 1. The van der Waals surface area contributed by atoms with Gasteiger partial charge in [0.2, 0.25) is 0 Å². The van der Waals surface area contributed by atoms with Crippen molar-refractivity contribution in [2.75, 3.05) is 18.8 Å². The third-order valence-corrected chi connectivity index (χ3v) is 3.61. The van der Waals surface area contributed by atoms with E-state index >= 15 is 0 Å². The lowest BCUT2D eigenvalue weighted by molar-refractivity contribution is -0.138. The fourth-order valence-corrected chi connectivity index (χ4v) is 2.43. The van der Waals surface area contributed by atoms with E-state index in [9.17, 15) is 14.0 Å². The lowest BCUT2D eigenvalue weighted by Gasteiger charge is -2.31. The van der Waals surface area contributed by atoms with Gasteiger partial charge in [-0.2, -0.15) is 0 Å². The number of aliphatic carboxylic acids is 1. The van der Waals surface area contributed by atoms with E-state index in [2.05, 4.69) is 0 Å². The van der Waals surface area contributed by atoms with Crippen molar-refractivity contribution >= 4 is 17.6 Å². The van der Waals surface area contributed by atoms with Crippen LogP contribution >= 0.6 is 0 Å². The molecule has 0 atom stereocenters. The van der Waals surface area contributed by atoms with Gasteiger partial charge in [-0.1, -0.05) is 0 Å². The summed E-state index contributed by atoms with van der Waals surface area (Å²) in [5, 5.41) is 8.74. The summed E-state index contributed by atoms with van der Waals surface area (Å²) in [5.74, 6) is -1.54. The Morgan fingerprint density at radius 1 is 1.35 bits per heavy atom. The first-order chi connectivity index (χ1) is 9.47. The highest BCUT2D eigenvalue weighted by Crippen LogP contribution is 2.22. The van der Waals surface area contributed by atoms with Crippen molar-refractivity contribution in [3.05, 3.63) is 29.6 Å². The molecule has 6 heteroatoms. The Hall–Kier alpha value is -2.11. The van der Waals surface area contributed by atoms with Crippen LogP contribution in [-0.2, 0) is 4.79 Å². The van der Waals surface area contributed by atoms with Gasteiger partial charge in [-0.15, -0.1) is 0 Å². The normalized spacial score (nSPS) is 16.1. The molecule has 1 heterocycles. The average Bonchev–Trinajstić information content (AvgIpc) is 2.41. The van der Waals surface area contributed by atoms with Crippen molar-refractivity contribution in [2.24, 2.45) is 5.92 Å². The Morgan fingerprint density at radius 2 is 2.00 bits per heavy atom. The highest BCUT2D eigenvalue weighted by atomic mass is 19.1. The van der Waals surface area contributed by atoms with Crippen molar-refractivity contribution < 1.29 is 19.1 Å². The van der Waals surface area contributed by atoms with Crippen LogP contribution in [0, 0.1) is 11.7 Å². The quantitative estimate of drug-likeness (QED) is 0.826. The van der Waals surface area contributed by atoms with Crippen molar-refractivity contribution in [3.63, 3.8) is 0 Å². The molecule has 3 N–H and O–H groups in total. The summed E-state index contributed by atoms with van der Waals surface area (Å²) in [6.45, 7) is 1.01. The number of nitrogens with zero attached hydrogens (tertiary/aromatic N) is 1. The smallest absolute Gasteiger partial charge is 0.303 e. The number of nitrogen functional groups attached to an aromatic ring is 1. The second-order valence-corrected chi connectivity index (χ2v) is 5.07. The van der Waals surface area contributed by atoms with Gasteiger partial charge in [-0.05, 0) is 37.0 Å². The molecule has 5 nitrogen and oxygen atoms in total. The Labute approximate surface area is 116 Å². The number of carbonyl (C=O) groups excluding carboxylic acids is 1. The van der Waals surface area contributed by atoms with Gasteiger partial charge in [0.25, 0.3) is 5.91 Å². The van der Waals surface area contributed by atoms with Crippen LogP contribution in [-0.4, -0.2) is 35.0 Å². The van der Waals surface area contributed by atoms with E-state index in [1.165, 1.54) is 12.1 Å². The van der Waals surface area contributed by atoms with Gasteiger partial charge in [-0.3, -0.25) is 9.59 Å². The molecule has 1 aromatic carbocycles. The summed E-state index contributed by atoms with van der Waals surface area (Å²) < 4.78 is 13.4. The molecule has 0 aliphatic carbocycles. The third kappa shape index (κ3) is 3.26. The second-order valence-electron chi connectivity index (χ2n) is 5.07. The minimum absolute atomic E-state index is 0.0155. The van der Waals surface area contributed by atoms with Gasteiger partial charge < -0.3 is 15.7 Å². The standard InChI is InChI=1S/C14H17FN2O3/c15-11-8-10(1-2-12(11)16)14(20)17-5-3-9(4-6-17)7-13(18)19/h1-2,8-9H,3-7,16H2,(H,18,19). The topological polar surface area (TPSA) is 83.6 Å². The molecule has 1 amide bonds. The molecule has 1 aliphatic rings. The molecule has 0 bridgehead atoms. The summed E-state index contributed by atoms with van der Waals surface area (Å²) in [7, 11) is 0. The van der Waals surface area contributed by atoms with Crippen molar-refractivity contribution in [2.45, 2.75) is 19.3 Å². The molecule has 0 radical (unpaired) electrons. The van der Waals surface area contributed by atoms with Crippen LogP contribution in [0.1, 0.15) is 29.6 Å². The van der Waals surface area contributed by atoms with E-state index in [4.69, 9.17) is 10.8 Å². The molecule has 0 aromatic heterocycles. The maximum absolute atomic E-state index is 13.4. The number of carbonyl (C=O) groups is 2. The molecule has 1 saturated heterocycles. The van der Waals surface area contributed by atoms with Gasteiger partial charge in [-0.25, -0.2) is 4.39 Å². The summed E-state index contributed by atoms with van der Waals surface area (Å²) in [4.78, 5) is 24.5. The number of piperidine rings is 1. The summed E-state index contributed by atoms with van der Waals surface area (Å²) in [5.41, 5.74) is 5.66. The van der Waals surface area contributed by atoms with Crippen LogP contribution in [0.3, 0.4) is 0 Å². The lowest BCUT2D eigenvalue weighted by Crippen LogP contribution is -2.38. The van der Waals surface area contributed by atoms with Gasteiger partial charge in [0.05, 0.1) is 5.69 Å². The van der Waals surface area contributed by atoms with Gasteiger partial charge >= 0.3 is 5.97 Å². The lowest BCUT2D eigenvalue weighted by atomic mass is 9.93. The molecular formula is C14H17FN2O3. The molecule has 0 saturated carbocycles. The van der Waals surface area contributed by atoms with E-state index < -0.39 is 11.8 Å². The molecule has 20 heavy (non-hydrogen) atoms. The Morgan fingerprint density at radius 3 is 2.55 bits per heavy atom. The van der Waals surface area contributed by atoms with Crippen LogP contribution in [0.4, 0.5) is 10.1 Å². The zero-order valence-corrected chi connectivity index (χ0v) is 11.0. The largest absolute Gasteiger partial charge is 0.481 e. The van der Waals surface area contributed by atoms with Crippen LogP contribution in [0.25, 0.3) is 0 Å². The summed E-state index contributed by atoms with van der Waals surface area (Å²) in [6, 6.07) is 4.02. The summed E-state index contributed by atoms with van der Waals surface area (Å²) in [6.07, 6.45) is 1.46. The Bertz CT molecular complexity index is 525. The van der Waals surface area contributed by atoms with Gasteiger partial charge in [0.1, 0.15) is 5.82 Å². The molecule has 2 rings (SSSR count). The molecule has 1 aromatic rings. The number of hydrogen-bond donors (Lipinski definition) is 2. The van der Waals surface area contributed by atoms with E-state index in [1.54, 1.807) is 4.90 Å². The number of benzene rings is 1. The number of anilines is 1. The second kappa shape index (κ2) is 5.90. The average molecular weight is 280 g/mol. The van der Waals surface area contributed by atoms with Crippen LogP contribution in [0.5, 0.6) is 0 Å². The fraction of sp³-hybridized carbons (Fsp3) is 0.429. The first-order valence-electron chi connectivity index (χ1n) is 6.53. The van der Waals surface area contributed by atoms with Crippen molar-refractivity contribution in [1.82, 2.24) is 4.90 Å². The van der Waals surface area contributed by atoms with Crippen LogP contribution in [0.2, 0.25) is 0 Å². The maximum atomic E-state index is 13.4. The minimum atomic E-state index is -0.810. The molecule has 0 unspecified atom stereocenters. The number of likely N-dealkylation sites (tertiary alicyclic amines) is 1. The minimum Gasteiger partial charge on any atom is -0.481 e. The molecule has 108 valence electrons. The highest BCUT2D eigenvalue weighted by molar-refractivity contribution is 5.94. The molecule has 0 spiro atoms. The molecular weight excluding hydrogens is 263 g/mol. The molecule has 1 aliphatic heterocycles. The van der Waals surface area contributed by atoms with Crippen molar-refractivity contribution in [3.8, 4) is 0 Å². The number of hydrogen-bond acceptors (Lipinski definition) is 3. The monoisotopic (exact) mass is 280 g/mol. The number of amides is 1. The number of rotatable bonds is 3. The Kier molecular flexibility index (Phi) is 4.22. The number of nitrogens with two attached hydrogens (primary N) is 1. The maximum Gasteiger partial charge on any atom is 0.303 e. The number of carboxylic acids is 1. The predicted molar refractivity (Wildman–Crippen MR) is 71.7 cm³/mol. The predicted octanol–water partition coefficient (Wildman–Crippen LogP) is 1.73. The molecule has 1 fully saturated rings. The first kappa shape index (κ1) is 14.3.